The van der Waals surface area contributed by atoms with Crippen LogP contribution in [0.5, 0.6) is 0 Å². The van der Waals surface area contributed by atoms with Gasteiger partial charge in [-0.05, 0) is 13.0 Å². The standard InChI is InChI=1S/C11H12N2O2/c1-11(15)7-4-2-3-5-8(7)13-9(14)6-12-10(11)13/h2-5,10,12,15H,6H2,1H3/t10-,11+/m1/s1. The first-order valence-electron chi connectivity index (χ1n) is 4.99. The zero-order valence-corrected chi connectivity index (χ0v) is 8.40. The molecule has 2 N–H and O–H groups in total. The Kier molecular flexibility index (Phi) is 1.53. The Bertz CT molecular complexity index is 442. The van der Waals surface area contributed by atoms with E-state index in [4.69, 9.17) is 0 Å². The molecule has 3 rings (SSSR count). The van der Waals surface area contributed by atoms with E-state index in [1.807, 2.05) is 24.3 Å². The van der Waals surface area contributed by atoms with Gasteiger partial charge in [0.15, 0.2) is 0 Å². The SMILES string of the molecule is C[C@]1(O)c2ccccc2N2C(=O)CN[C@H]21. The number of rotatable bonds is 0. The molecule has 1 saturated heterocycles. The van der Waals surface area contributed by atoms with E-state index < -0.39 is 5.60 Å². The van der Waals surface area contributed by atoms with Crippen molar-refractivity contribution in [2.24, 2.45) is 0 Å². The quantitative estimate of drug-likeness (QED) is 0.633. The predicted octanol–water partition coefficient (Wildman–Crippen LogP) is 0.170. The molecule has 0 aliphatic carbocycles. The van der Waals surface area contributed by atoms with Crippen molar-refractivity contribution in [1.29, 1.82) is 0 Å². The molecule has 1 fully saturated rings. The molecule has 0 spiro atoms. The third-order valence-electron chi connectivity index (χ3n) is 3.21. The van der Waals surface area contributed by atoms with Gasteiger partial charge in [0.05, 0.1) is 12.2 Å². The zero-order chi connectivity index (χ0) is 10.6. The molecule has 78 valence electrons. The van der Waals surface area contributed by atoms with E-state index >= 15 is 0 Å². The van der Waals surface area contributed by atoms with Crippen LogP contribution in [0.4, 0.5) is 5.69 Å². The van der Waals surface area contributed by atoms with Crippen molar-refractivity contribution in [3.8, 4) is 0 Å². The summed E-state index contributed by atoms with van der Waals surface area (Å²) in [5, 5.41) is 13.4. The van der Waals surface area contributed by atoms with E-state index in [1.165, 1.54) is 0 Å². The summed E-state index contributed by atoms with van der Waals surface area (Å²) in [6.45, 7) is 2.04. The van der Waals surface area contributed by atoms with E-state index in [-0.39, 0.29) is 12.1 Å². The van der Waals surface area contributed by atoms with Gasteiger partial charge in [0.2, 0.25) is 5.91 Å². The normalized spacial score (nSPS) is 33.1. The predicted molar refractivity (Wildman–Crippen MR) is 55.3 cm³/mol. The first-order chi connectivity index (χ1) is 7.12. The Hall–Kier alpha value is -1.39. The Morgan fingerprint density at radius 2 is 2.27 bits per heavy atom. The number of nitrogens with zero attached hydrogens (tertiary/aromatic N) is 1. The van der Waals surface area contributed by atoms with Crippen LogP contribution in [0, 0.1) is 0 Å². The summed E-state index contributed by atoms with van der Waals surface area (Å²) in [4.78, 5) is 13.3. The summed E-state index contributed by atoms with van der Waals surface area (Å²) in [7, 11) is 0. The average Bonchev–Trinajstić information content (AvgIpc) is 2.69. The van der Waals surface area contributed by atoms with Crippen molar-refractivity contribution in [2.75, 3.05) is 11.4 Å². The second-order valence-electron chi connectivity index (χ2n) is 4.21. The first-order valence-corrected chi connectivity index (χ1v) is 4.99. The Morgan fingerprint density at radius 3 is 3.07 bits per heavy atom. The zero-order valence-electron chi connectivity index (χ0n) is 8.40. The number of anilines is 1. The molecule has 1 amide bonds. The van der Waals surface area contributed by atoms with Crippen molar-refractivity contribution in [3.63, 3.8) is 0 Å². The molecule has 0 saturated carbocycles. The molecule has 2 heterocycles. The minimum absolute atomic E-state index is 0.0187. The molecule has 0 aromatic heterocycles. The van der Waals surface area contributed by atoms with E-state index in [9.17, 15) is 9.90 Å². The fraction of sp³-hybridized carbons (Fsp3) is 0.364. The van der Waals surface area contributed by atoms with Gasteiger partial charge < -0.3 is 5.11 Å². The number of hydrogen-bond acceptors (Lipinski definition) is 3. The molecule has 2 aliphatic heterocycles. The highest BCUT2D eigenvalue weighted by Gasteiger charge is 2.51. The van der Waals surface area contributed by atoms with Crippen LogP contribution in [-0.2, 0) is 10.4 Å². The summed E-state index contributed by atoms with van der Waals surface area (Å²) in [6, 6.07) is 7.49. The molecule has 0 bridgehead atoms. The van der Waals surface area contributed by atoms with Crippen LogP contribution in [0.15, 0.2) is 24.3 Å². The van der Waals surface area contributed by atoms with E-state index in [0.717, 1.165) is 11.3 Å². The van der Waals surface area contributed by atoms with Crippen LogP contribution < -0.4 is 10.2 Å². The molecular weight excluding hydrogens is 192 g/mol. The van der Waals surface area contributed by atoms with Gasteiger partial charge in [-0.25, -0.2) is 0 Å². The molecule has 0 unspecified atom stereocenters. The first kappa shape index (κ1) is 8.88. The summed E-state index contributed by atoms with van der Waals surface area (Å²) in [5.41, 5.74) is 0.640. The van der Waals surface area contributed by atoms with Crippen LogP contribution in [0.25, 0.3) is 0 Å². The monoisotopic (exact) mass is 204 g/mol. The van der Waals surface area contributed by atoms with Gasteiger partial charge in [-0.2, -0.15) is 0 Å². The Labute approximate surface area is 87.5 Å². The number of aliphatic hydroxyl groups is 1. The van der Waals surface area contributed by atoms with Gasteiger partial charge in [0.1, 0.15) is 11.8 Å². The molecule has 0 radical (unpaired) electrons. The number of carbonyl (C=O) groups excluding carboxylic acids is 1. The van der Waals surface area contributed by atoms with Crippen LogP contribution in [0.1, 0.15) is 12.5 Å². The largest absolute Gasteiger partial charge is 0.382 e. The molecule has 2 aliphatic rings. The molecule has 4 heteroatoms. The van der Waals surface area contributed by atoms with Crippen LogP contribution in [0.2, 0.25) is 0 Å². The maximum absolute atomic E-state index is 11.7. The van der Waals surface area contributed by atoms with Crippen molar-refractivity contribution in [2.45, 2.75) is 18.7 Å². The number of fused-ring (bicyclic) bond motifs is 3. The lowest BCUT2D eigenvalue weighted by Crippen LogP contribution is -2.46. The molecule has 1 aromatic carbocycles. The van der Waals surface area contributed by atoms with Crippen LogP contribution in [0.3, 0.4) is 0 Å². The molecular formula is C11H12N2O2. The third-order valence-corrected chi connectivity index (χ3v) is 3.21. The molecule has 15 heavy (non-hydrogen) atoms. The second-order valence-corrected chi connectivity index (χ2v) is 4.21. The summed E-state index contributed by atoms with van der Waals surface area (Å²) < 4.78 is 0. The Balaban J connectivity index is 2.23. The summed E-state index contributed by atoms with van der Waals surface area (Å²) in [5.74, 6) is 0.0187. The number of carbonyl (C=O) groups is 1. The minimum Gasteiger partial charge on any atom is -0.382 e. The van der Waals surface area contributed by atoms with Gasteiger partial charge in [-0.1, -0.05) is 18.2 Å². The van der Waals surface area contributed by atoms with Gasteiger partial charge in [-0.15, -0.1) is 0 Å². The maximum Gasteiger partial charge on any atom is 0.242 e. The lowest BCUT2D eigenvalue weighted by molar-refractivity contribution is -0.116. The van der Waals surface area contributed by atoms with E-state index in [0.29, 0.717) is 6.54 Å². The highest BCUT2D eigenvalue weighted by Crippen LogP contribution is 2.43. The summed E-state index contributed by atoms with van der Waals surface area (Å²) in [6.07, 6.45) is -0.317. The van der Waals surface area contributed by atoms with Crippen LogP contribution in [-0.4, -0.2) is 23.7 Å². The van der Waals surface area contributed by atoms with E-state index in [1.54, 1.807) is 11.8 Å². The summed E-state index contributed by atoms with van der Waals surface area (Å²) >= 11 is 0. The van der Waals surface area contributed by atoms with Crippen molar-refractivity contribution in [3.05, 3.63) is 29.8 Å². The average molecular weight is 204 g/mol. The number of hydrogen-bond donors (Lipinski definition) is 2. The third kappa shape index (κ3) is 0.952. The van der Waals surface area contributed by atoms with Gasteiger partial charge in [-0.3, -0.25) is 15.0 Å². The molecule has 1 aromatic rings. The van der Waals surface area contributed by atoms with Gasteiger partial charge in [0, 0.05) is 5.56 Å². The van der Waals surface area contributed by atoms with Crippen molar-refractivity contribution in [1.82, 2.24) is 5.32 Å². The van der Waals surface area contributed by atoms with Crippen LogP contribution >= 0.6 is 0 Å². The number of amides is 1. The topological polar surface area (TPSA) is 52.6 Å². The lowest BCUT2D eigenvalue weighted by Gasteiger charge is -2.25. The fourth-order valence-electron chi connectivity index (χ4n) is 2.49. The van der Waals surface area contributed by atoms with Crippen molar-refractivity contribution < 1.29 is 9.90 Å². The Morgan fingerprint density at radius 1 is 1.53 bits per heavy atom. The van der Waals surface area contributed by atoms with Gasteiger partial charge >= 0.3 is 0 Å². The van der Waals surface area contributed by atoms with E-state index in [2.05, 4.69) is 5.32 Å². The second kappa shape index (κ2) is 2.59. The van der Waals surface area contributed by atoms with Crippen molar-refractivity contribution >= 4 is 11.6 Å². The number of nitrogens with one attached hydrogen (secondary N) is 1. The number of para-hydroxylation sites is 1. The van der Waals surface area contributed by atoms with Gasteiger partial charge in [0.25, 0.3) is 0 Å². The lowest BCUT2D eigenvalue weighted by atomic mass is 9.96. The smallest absolute Gasteiger partial charge is 0.242 e. The fourth-order valence-corrected chi connectivity index (χ4v) is 2.49. The highest BCUT2D eigenvalue weighted by molar-refractivity contribution is 6.00. The minimum atomic E-state index is -0.997. The highest BCUT2D eigenvalue weighted by atomic mass is 16.3. The molecule has 4 nitrogen and oxygen atoms in total. The molecule has 2 atom stereocenters. The number of benzene rings is 1. The maximum atomic E-state index is 11.7.